The van der Waals surface area contributed by atoms with Gasteiger partial charge in [-0.3, -0.25) is 4.79 Å². The van der Waals surface area contributed by atoms with Gasteiger partial charge in [0.1, 0.15) is 0 Å². The molecule has 4 nitrogen and oxygen atoms in total. The van der Waals surface area contributed by atoms with Crippen molar-refractivity contribution < 1.29 is 14.6 Å². The highest BCUT2D eigenvalue weighted by Gasteiger charge is 2.15. The van der Waals surface area contributed by atoms with Crippen molar-refractivity contribution in [2.45, 2.75) is 39.7 Å². The number of nitrogens with one attached hydrogen (secondary N) is 1. The maximum atomic E-state index is 11.3. The van der Waals surface area contributed by atoms with Crippen molar-refractivity contribution in [3.05, 3.63) is 0 Å². The molecule has 0 aromatic carbocycles. The fraction of sp³-hybridized carbons (Fsp3) is 0.909. The third kappa shape index (κ3) is 6.47. The Morgan fingerprint density at radius 2 is 2.13 bits per heavy atom. The molecule has 0 fully saturated rings. The number of ether oxygens (including phenoxy) is 1. The monoisotopic (exact) mass is 217 g/mol. The van der Waals surface area contributed by atoms with Crippen molar-refractivity contribution in [1.29, 1.82) is 0 Å². The summed E-state index contributed by atoms with van der Waals surface area (Å²) in [5.41, 5.74) is 0. The number of aliphatic hydroxyl groups excluding tert-OH is 1. The van der Waals surface area contributed by atoms with Crippen molar-refractivity contribution >= 4 is 5.97 Å². The van der Waals surface area contributed by atoms with Crippen LogP contribution in [0.2, 0.25) is 0 Å². The third-order valence-electron chi connectivity index (χ3n) is 2.37. The Morgan fingerprint density at radius 1 is 1.47 bits per heavy atom. The summed E-state index contributed by atoms with van der Waals surface area (Å²) in [6.45, 7) is 6.92. The predicted octanol–water partition coefficient (Wildman–Crippen LogP) is 0.936. The van der Waals surface area contributed by atoms with Gasteiger partial charge in [-0.15, -0.1) is 0 Å². The average molecular weight is 217 g/mol. The number of carbonyl (C=O) groups is 1. The van der Waals surface area contributed by atoms with E-state index in [1.54, 1.807) is 6.92 Å². The number of carbonyl (C=O) groups excluding carboxylic acids is 1. The molecule has 0 amide bonds. The second-order valence-corrected chi connectivity index (χ2v) is 3.68. The van der Waals surface area contributed by atoms with E-state index >= 15 is 0 Å². The van der Waals surface area contributed by atoms with Gasteiger partial charge in [-0.1, -0.05) is 13.8 Å². The summed E-state index contributed by atoms with van der Waals surface area (Å²) in [5, 5.41) is 12.0. The van der Waals surface area contributed by atoms with Crippen LogP contribution in [-0.2, 0) is 9.53 Å². The molecule has 2 N–H and O–H groups in total. The van der Waals surface area contributed by atoms with E-state index in [9.17, 15) is 4.79 Å². The highest BCUT2D eigenvalue weighted by atomic mass is 16.5. The van der Waals surface area contributed by atoms with Crippen LogP contribution < -0.4 is 5.32 Å². The van der Waals surface area contributed by atoms with Crippen LogP contribution >= 0.6 is 0 Å². The normalized spacial score (nSPS) is 14.7. The van der Waals surface area contributed by atoms with Gasteiger partial charge in [-0.2, -0.15) is 0 Å². The van der Waals surface area contributed by atoms with E-state index in [0.29, 0.717) is 13.2 Å². The molecule has 15 heavy (non-hydrogen) atoms. The topological polar surface area (TPSA) is 58.6 Å². The van der Waals surface area contributed by atoms with Crippen LogP contribution in [0.4, 0.5) is 0 Å². The van der Waals surface area contributed by atoms with Gasteiger partial charge in [-0.05, 0) is 19.8 Å². The van der Waals surface area contributed by atoms with E-state index in [1.165, 1.54) is 0 Å². The summed E-state index contributed by atoms with van der Waals surface area (Å²) in [5.74, 6) is -0.290. The van der Waals surface area contributed by atoms with Gasteiger partial charge in [0.25, 0.3) is 0 Å². The van der Waals surface area contributed by atoms with Crippen molar-refractivity contribution in [1.82, 2.24) is 5.32 Å². The van der Waals surface area contributed by atoms with Gasteiger partial charge in [0.05, 0.1) is 12.5 Å². The zero-order valence-corrected chi connectivity index (χ0v) is 9.95. The first kappa shape index (κ1) is 14.4. The molecule has 0 saturated carbocycles. The Kier molecular flexibility index (Phi) is 8.33. The molecule has 0 aliphatic carbocycles. The molecule has 4 heteroatoms. The lowest BCUT2D eigenvalue weighted by atomic mass is 10.1. The molecule has 0 spiro atoms. The van der Waals surface area contributed by atoms with Gasteiger partial charge in [0.15, 0.2) is 0 Å². The molecule has 0 bridgehead atoms. The Balaban J connectivity index is 3.76. The van der Waals surface area contributed by atoms with Crippen molar-refractivity contribution in [3.63, 3.8) is 0 Å². The van der Waals surface area contributed by atoms with Crippen LogP contribution in [0.15, 0.2) is 0 Å². The molecule has 0 radical (unpaired) electrons. The maximum Gasteiger partial charge on any atom is 0.309 e. The van der Waals surface area contributed by atoms with Crippen LogP contribution in [-0.4, -0.2) is 36.9 Å². The van der Waals surface area contributed by atoms with Gasteiger partial charge in [-0.25, -0.2) is 0 Å². The van der Waals surface area contributed by atoms with Crippen LogP contribution in [0.25, 0.3) is 0 Å². The zero-order valence-electron chi connectivity index (χ0n) is 9.95. The van der Waals surface area contributed by atoms with E-state index in [0.717, 1.165) is 12.8 Å². The van der Waals surface area contributed by atoms with Gasteiger partial charge < -0.3 is 15.2 Å². The average Bonchev–Trinajstić information content (AvgIpc) is 2.24. The molecule has 2 unspecified atom stereocenters. The summed E-state index contributed by atoms with van der Waals surface area (Å²) >= 11 is 0. The zero-order chi connectivity index (χ0) is 11.7. The lowest BCUT2D eigenvalue weighted by molar-refractivity contribution is -0.147. The van der Waals surface area contributed by atoms with E-state index in [4.69, 9.17) is 9.84 Å². The molecule has 0 aromatic heterocycles. The van der Waals surface area contributed by atoms with Crippen molar-refractivity contribution in [2.75, 3.05) is 19.8 Å². The number of hydrogen-bond acceptors (Lipinski definition) is 4. The molecular formula is C11H23NO3. The van der Waals surface area contributed by atoms with E-state index in [-0.39, 0.29) is 24.5 Å². The van der Waals surface area contributed by atoms with Crippen LogP contribution in [0.3, 0.4) is 0 Å². The quantitative estimate of drug-likeness (QED) is 0.594. The van der Waals surface area contributed by atoms with Crippen LogP contribution in [0.5, 0.6) is 0 Å². The Hall–Kier alpha value is -0.610. The summed E-state index contributed by atoms with van der Waals surface area (Å²) in [4.78, 5) is 11.3. The standard InChI is InChI=1S/C11H23NO3/c1-4-10(6-7-13)12-8-9(3)11(14)15-5-2/h9-10,12-13H,4-8H2,1-3H3. The largest absolute Gasteiger partial charge is 0.466 e. The first-order valence-corrected chi connectivity index (χ1v) is 5.66. The second-order valence-electron chi connectivity index (χ2n) is 3.68. The minimum absolute atomic E-state index is 0.127. The number of rotatable bonds is 8. The first-order chi connectivity index (χ1) is 7.15. The van der Waals surface area contributed by atoms with E-state index in [2.05, 4.69) is 12.2 Å². The van der Waals surface area contributed by atoms with Crippen molar-refractivity contribution in [3.8, 4) is 0 Å². The minimum Gasteiger partial charge on any atom is -0.466 e. The molecule has 2 atom stereocenters. The number of aliphatic hydroxyl groups is 1. The highest BCUT2D eigenvalue weighted by Crippen LogP contribution is 2.01. The van der Waals surface area contributed by atoms with Gasteiger partial charge in [0, 0.05) is 19.2 Å². The maximum absolute atomic E-state index is 11.3. The predicted molar refractivity (Wildman–Crippen MR) is 59.6 cm³/mol. The molecule has 0 aliphatic heterocycles. The summed E-state index contributed by atoms with van der Waals surface area (Å²) in [6, 6.07) is 0.284. The summed E-state index contributed by atoms with van der Waals surface area (Å²) < 4.78 is 4.90. The third-order valence-corrected chi connectivity index (χ3v) is 2.37. The summed E-state index contributed by atoms with van der Waals surface area (Å²) in [6.07, 6.45) is 1.68. The SMILES string of the molecule is CCOC(=O)C(C)CNC(CC)CCO. The molecule has 0 saturated heterocycles. The Bertz CT molecular complexity index is 173. The lowest BCUT2D eigenvalue weighted by Crippen LogP contribution is -2.35. The molecule has 0 aliphatic rings. The molecule has 0 rings (SSSR count). The van der Waals surface area contributed by atoms with E-state index in [1.807, 2.05) is 6.92 Å². The lowest BCUT2D eigenvalue weighted by Gasteiger charge is -2.18. The molecule has 90 valence electrons. The first-order valence-electron chi connectivity index (χ1n) is 5.66. The van der Waals surface area contributed by atoms with E-state index < -0.39 is 0 Å². The van der Waals surface area contributed by atoms with Crippen LogP contribution in [0, 0.1) is 5.92 Å². The number of esters is 1. The number of hydrogen-bond donors (Lipinski definition) is 2. The fourth-order valence-electron chi connectivity index (χ4n) is 1.32. The van der Waals surface area contributed by atoms with Gasteiger partial charge >= 0.3 is 5.97 Å². The minimum atomic E-state index is -0.163. The highest BCUT2D eigenvalue weighted by molar-refractivity contribution is 5.72. The Labute approximate surface area is 92.0 Å². The Morgan fingerprint density at radius 3 is 2.60 bits per heavy atom. The molecule has 0 aromatic rings. The van der Waals surface area contributed by atoms with Crippen molar-refractivity contribution in [2.24, 2.45) is 5.92 Å². The van der Waals surface area contributed by atoms with Crippen LogP contribution in [0.1, 0.15) is 33.6 Å². The molecular weight excluding hydrogens is 194 g/mol. The second kappa shape index (κ2) is 8.68. The summed E-state index contributed by atoms with van der Waals surface area (Å²) in [7, 11) is 0. The molecule has 0 heterocycles. The smallest absolute Gasteiger partial charge is 0.309 e. The van der Waals surface area contributed by atoms with Gasteiger partial charge in [0.2, 0.25) is 0 Å². The fourth-order valence-corrected chi connectivity index (χ4v) is 1.32.